The third-order valence-electron chi connectivity index (χ3n) is 3.33. The quantitative estimate of drug-likeness (QED) is 0.857. The Morgan fingerprint density at radius 1 is 1.25 bits per heavy atom. The minimum absolute atomic E-state index is 0.0528. The molecule has 2 aromatic rings. The molecule has 20 heavy (non-hydrogen) atoms. The fraction of sp³-hybridized carbons (Fsp3) is 0.438. The van der Waals surface area contributed by atoms with Crippen LogP contribution in [0.2, 0.25) is 0 Å². The summed E-state index contributed by atoms with van der Waals surface area (Å²) in [4.78, 5) is 5.71. The van der Waals surface area contributed by atoms with Crippen molar-refractivity contribution in [2.45, 2.75) is 39.3 Å². The molecular formula is C16H22N2OS. The first kappa shape index (κ1) is 15.2. The van der Waals surface area contributed by atoms with Gasteiger partial charge in [-0.15, -0.1) is 11.3 Å². The van der Waals surface area contributed by atoms with Crippen LogP contribution in [0.25, 0.3) is 10.6 Å². The Morgan fingerprint density at radius 3 is 2.60 bits per heavy atom. The molecule has 0 saturated carbocycles. The summed E-state index contributed by atoms with van der Waals surface area (Å²) in [5.74, 6) is 0. The molecular weight excluding hydrogens is 268 g/mol. The van der Waals surface area contributed by atoms with Gasteiger partial charge in [0.2, 0.25) is 0 Å². The Hall–Kier alpha value is -1.23. The van der Waals surface area contributed by atoms with Crippen molar-refractivity contribution < 1.29 is 5.11 Å². The van der Waals surface area contributed by atoms with Crippen molar-refractivity contribution in [1.29, 1.82) is 0 Å². The lowest BCUT2D eigenvalue weighted by Crippen LogP contribution is -2.39. The van der Waals surface area contributed by atoms with Gasteiger partial charge in [0.15, 0.2) is 0 Å². The predicted octanol–water partition coefficient (Wildman–Crippen LogP) is 3.37. The first-order valence-corrected chi connectivity index (χ1v) is 7.69. The van der Waals surface area contributed by atoms with Gasteiger partial charge in [-0.25, -0.2) is 4.98 Å². The second kappa shape index (κ2) is 6.48. The lowest BCUT2D eigenvalue weighted by atomic mass is 10.0. The maximum absolute atomic E-state index is 9.02. The summed E-state index contributed by atoms with van der Waals surface area (Å²) in [5.41, 5.74) is 2.38. The van der Waals surface area contributed by atoms with Gasteiger partial charge in [0.05, 0.1) is 0 Å². The van der Waals surface area contributed by atoms with Crippen LogP contribution in [0, 0.1) is 6.92 Å². The van der Waals surface area contributed by atoms with Crippen molar-refractivity contribution in [2.24, 2.45) is 0 Å². The fourth-order valence-corrected chi connectivity index (χ4v) is 2.77. The zero-order valence-electron chi connectivity index (χ0n) is 12.3. The topological polar surface area (TPSA) is 45.2 Å². The second-order valence-corrected chi connectivity index (χ2v) is 6.82. The molecule has 0 bridgehead atoms. The van der Waals surface area contributed by atoms with E-state index in [0.717, 1.165) is 18.0 Å². The van der Waals surface area contributed by atoms with E-state index in [2.05, 4.69) is 55.3 Å². The van der Waals surface area contributed by atoms with E-state index in [4.69, 9.17) is 5.11 Å². The Kier molecular flexibility index (Phi) is 4.91. The van der Waals surface area contributed by atoms with Crippen LogP contribution in [-0.2, 0) is 6.54 Å². The molecule has 108 valence electrons. The highest BCUT2D eigenvalue weighted by Crippen LogP contribution is 2.25. The number of hydrogen-bond donors (Lipinski definition) is 2. The highest BCUT2D eigenvalue weighted by atomic mass is 32.1. The van der Waals surface area contributed by atoms with Crippen molar-refractivity contribution in [3.05, 3.63) is 40.9 Å². The van der Waals surface area contributed by atoms with Crippen molar-refractivity contribution in [3.63, 3.8) is 0 Å². The van der Waals surface area contributed by atoms with Crippen LogP contribution in [0.1, 0.15) is 30.7 Å². The van der Waals surface area contributed by atoms with E-state index in [1.807, 2.05) is 6.20 Å². The molecule has 4 heteroatoms. The van der Waals surface area contributed by atoms with Crippen LogP contribution >= 0.6 is 11.3 Å². The van der Waals surface area contributed by atoms with Crippen LogP contribution in [0.5, 0.6) is 0 Å². The molecule has 1 aromatic carbocycles. The highest BCUT2D eigenvalue weighted by molar-refractivity contribution is 7.15. The molecule has 2 rings (SSSR count). The monoisotopic (exact) mass is 290 g/mol. The molecule has 0 amide bonds. The van der Waals surface area contributed by atoms with Gasteiger partial charge in [-0.05, 0) is 27.2 Å². The summed E-state index contributed by atoms with van der Waals surface area (Å²) < 4.78 is 0. The number of aliphatic hydroxyl groups is 1. The van der Waals surface area contributed by atoms with E-state index in [1.54, 1.807) is 11.3 Å². The van der Waals surface area contributed by atoms with Gasteiger partial charge in [-0.1, -0.05) is 29.8 Å². The molecule has 0 radical (unpaired) electrons. The number of nitrogens with one attached hydrogen (secondary N) is 1. The predicted molar refractivity (Wildman–Crippen MR) is 84.9 cm³/mol. The Balaban J connectivity index is 2.00. The highest BCUT2D eigenvalue weighted by Gasteiger charge is 2.16. The van der Waals surface area contributed by atoms with Crippen LogP contribution < -0.4 is 5.32 Å². The Bertz CT molecular complexity index is 546. The molecule has 0 aliphatic rings. The number of thiazole rings is 1. The maximum Gasteiger partial charge on any atom is 0.123 e. The number of hydrogen-bond acceptors (Lipinski definition) is 4. The normalized spacial score (nSPS) is 11.8. The zero-order chi connectivity index (χ0) is 14.6. The minimum Gasteiger partial charge on any atom is -0.396 e. The van der Waals surface area contributed by atoms with Gasteiger partial charge >= 0.3 is 0 Å². The summed E-state index contributed by atoms with van der Waals surface area (Å²) in [5, 5.41) is 13.5. The number of aromatic nitrogens is 1. The number of nitrogens with zero attached hydrogens (tertiary/aromatic N) is 1. The number of benzene rings is 1. The van der Waals surface area contributed by atoms with Gasteiger partial charge in [-0.3, -0.25) is 0 Å². The Morgan fingerprint density at radius 2 is 1.95 bits per heavy atom. The van der Waals surface area contributed by atoms with E-state index in [9.17, 15) is 0 Å². The molecule has 0 spiro atoms. The summed E-state index contributed by atoms with van der Waals surface area (Å²) in [7, 11) is 0. The van der Waals surface area contributed by atoms with Crippen molar-refractivity contribution in [2.75, 3.05) is 6.61 Å². The summed E-state index contributed by atoms with van der Waals surface area (Å²) in [6, 6.07) is 8.44. The summed E-state index contributed by atoms with van der Waals surface area (Å²) >= 11 is 1.71. The average molecular weight is 290 g/mol. The molecule has 3 nitrogen and oxygen atoms in total. The van der Waals surface area contributed by atoms with E-state index in [1.165, 1.54) is 16.0 Å². The number of rotatable bonds is 6. The van der Waals surface area contributed by atoms with Crippen molar-refractivity contribution >= 4 is 11.3 Å². The standard InChI is InChI=1S/C16H22N2OS/c1-12-4-6-13(7-5-12)15-17-10-14(20-15)11-18-16(2,3)8-9-19/h4-7,10,18-19H,8-9,11H2,1-3H3. The van der Waals surface area contributed by atoms with E-state index < -0.39 is 0 Å². The molecule has 0 fully saturated rings. The van der Waals surface area contributed by atoms with Gasteiger partial charge in [-0.2, -0.15) is 0 Å². The Labute approximate surface area is 124 Å². The van der Waals surface area contributed by atoms with Crippen LogP contribution in [-0.4, -0.2) is 22.2 Å². The van der Waals surface area contributed by atoms with E-state index in [-0.39, 0.29) is 12.1 Å². The first-order chi connectivity index (χ1) is 9.50. The molecule has 1 heterocycles. The fourth-order valence-electron chi connectivity index (χ4n) is 1.91. The van der Waals surface area contributed by atoms with Gasteiger partial charge in [0.1, 0.15) is 5.01 Å². The molecule has 0 atom stereocenters. The van der Waals surface area contributed by atoms with Crippen LogP contribution in [0.3, 0.4) is 0 Å². The van der Waals surface area contributed by atoms with Gasteiger partial charge in [0, 0.05) is 35.3 Å². The molecule has 0 aliphatic heterocycles. The molecule has 0 unspecified atom stereocenters. The van der Waals surface area contributed by atoms with E-state index in [0.29, 0.717) is 0 Å². The third-order valence-corrected chi connectivity index (χ3v) is 4.38. The smallest absolute Gasteiger partial charge is 0.123 e. The largest absolute Gasteiger partial charge is 0.396 e. The molecule has 2 N–H and O–H groups in total. The average Bonchev–Trinajstić information content (AvgIpc) is 2.86. The SMILES string of the molecule is Cc1ccc(-c2ncc(CNC(C)(C)CCO)s2)cc1. The summed E-state index contributed by atoms with van der Waals surface area (Å²) in [6.07, 6.45) is 2.68. The van der Waals surface area contributed by atoms with Gasteiger partial charge in [0.25, 0.3) is 0 Å². The maximum atomic E-state index is 9.02. The van der Waals surface area contributed by atoms with Crippen molar-refractivity contribution in [1.82, 2.24) is 10.3 Å². The van der Waals surface area contributed by atoms with Crippen LogP contribution in [0.4, 0.5) is 0 Å². The number of aryl methyl sites for hydroxylation is 1. The molecule has 1 aromatic heterocycles. The van der Waals surface area contributed by atoms with Gasteiger partial charge < -0.3 is 10.4 Å². The van der Waals surface area contributed by atoms with Crippen LogP contribution in [0.15, 0.2) is 30.5 Å². The van der Waals surface area contributed by atoms with E-state index >= 15 is 0 Å². The first-order valence-electron chi connectivity index (χ1n) is 6.88. The molecule has 0 saturated heterocycles. The van der Waals surface area contributed by atoms with Crippen molar-refractivity contribution in [3.8, 4) is 10.6 Å². The lowest BCUT2D eigenvalue weighted by molar-refractivity contribution is 0.230. The minimum atomic E-state index is -0.0528. The lowest BCUT2D eigenvalue weighted by Gasteiger charge is -2.24. The zero-order valence-corrected chi connectivity index (χ0v) is 13.1. The number of aliphatic hydroxyl groups excluding tert-OH is 1. The molecule has 0 aliphatic carbocycles. The summed E-state index contributed by atoms with van der Waals surface area (Å²) in [6.45, 7) is 7.29. The third kappa shape index (κ3) is 4.13. The second-order valence-electron chi connectivity index (χ2n) is 5.71.